The second kappa shape index (κ2) is 8.49. The van der Waals surface area contributed by atoms with Crippen LogP contribution >= 0.6 is 23.1 Å². The van der Waals surface area contributed by atoms with Gasteiger partial charge in [-0.25, -0.2) is 9.07 Å². The van der Waals surface area contributed by atoms with Crippen LogP contribution in [0, 0.1) is 5.82 Å². The van der Waals surface area contributed by atoms with Crippen molar-refractivity contribution < 1.29 is 9.18 Å². The van der Waals surface area contributed by atoms with Crippen molar-refractivity contribution in [2.24, 2.45) is 0 Å². The van der Waals surface area contributed by atoms with Gasteiger partial charge < -0.3 is 10.6 Å². The highest BCUT2D eigenvalue weighted by Gasteiger charge is 2.19. The van der Waals surface area contributed by atoms with E-state index in [-0.39, 0.29) is 23.0 Å². The van der Waals surface area contributed by atoms with Crippen LogP contribution in [0.5, 0.6) is 0 Å². The second-order valence-corrected chi connectivity index (χ2v) is 8.58. The molecule has 142 valence electrons. The van der Waals surface area contributed by atoms with Crippen molar-refractivity contribution in [3.8, 4) is 0 Å². The van der Waals surface area contributed by atoms with Gasteiger partial charge in [0.25, 0.3) is 0 Å². The summed E-state index contributed by atoms with van der Waals surface area (Å²) in [4.78, 5) is 12.5. The SMILES string of the molecule is CC(Sc1nnc(Nc2cccc(F)c2)s1)C(=O)Nc1ccnn1C(C)C. The van der Waals surface area contributed by atoms with E-state index in [4.69, 9.17) is 0 Å². The number of hydrogen-bond acceptors (Lipinski definition) is 7. The quantitative estimate of drug-likeness (QED) is 0.569. The van der Waals surface area contributed by atoms with E-state index in [9.17, 15) is 9.18 Å². The molecule has 2 aromatic heterocycles. The number of nitrogens with one attached hydrogen (secondary N) is 2. The maximum atomic E-state index is 13.2. The summed E-state index contributed by atoms with van der Waals surface area (Å²) in [6.07, 6.45) is 1.66. The van der Waals surface area contributed by atoms with Crippen molar-refractivity contribution in [2.45, 2.75) is 36.4 Å². The molecular weight excluding hydrogens is 387 g/mol. The lowest BCUT2D eigenvalue weighted by Crippen LogP contribution is -2.24. The summed E-state index contributed by atoms with van der Waals surface area (Å²) in [5.41, 5.74) is 0.593. The average molecular weight is 407 g/mol. The minimum atomic E-state index is -0.365. The third kappa shape index (κ3) is 5.04. The van der Waals surface area contributed by atoms with Crippen molar-refractivity contribution in [1.29, 1.82) is 0 Å². The van der Waals surface area contributed by atoms with Crippen LogP contribution in [0.25, 0.3) is 0 Å². The summed E-state index contributed by atoms with van der Waals surface area (Å²) in [7, 11) is 0. The Bertz CT molecular complexity index is 926. The van der Waals surface area contributed by atoms with Crippen LogP contribution in [-0.2, 0) is 4.79 Å². The first-order chi connectivity index (χ1) is 12.9. The molecule has 3 aromatic rings. The maximum absolute atomic E-state index is 13.2. The van der Waals surface area contributed by atoms with Gasteiger partial charge in [-0.2, -0.15) is 5.10 Å². The van der Waals surface area contributed by atoms with Crippen molar-refractivity contribution in [2.75, 3.05) is 10.6 Å². The monoisotopic (exact) mass is 406 g/mol. The van der Waals surface area contributed by atoms with E-state index in [0.29, 0.717) is 21.0 Å². The molecule has 1 atom stereocenters. The zero-order chi connectivity index (χ0) is 19.4. The highest BCUT2D eigenvalue weighted by Crippen LogP contribution is 2.31. The van der Waals surface area contributed by atoms with Crippen LogP contribution < -0.4 is 10.6 Å². The molecule has 27 heavy (non-hydrogen) atoms. The third-order valence-corrected chi connectivity index (χ3v) is 5.56. The molecule has 0 bridgehead atoms. The molecule has 0 saturated heterocycles. The van der Waals surface area contributed by atoms with Crippen molar-refractivity contribution in [1.82, 2.24) is 20.0 Å². The van der Waals surface area contributed by atoms with E-state index >= 15 is 0 Å². The van der Waals surface area contributed by atoms with Gasteiger partial charge in [-0.3, -0.25) is 4.79 Å². The number of benzene rings is 1. The van der Waals surface area contributed by atoms with E-state index in [0.717, 1.165) is 0 Å². The fraction of sp³-hybridized carbons (Fsp3) is 0.294. The zero-order valence-corrected chi connectivity index (χ0v) is 16.6. The van der Waals surface area contributed by atoms with Gasteiger partial charge in [0.05, 0.1) is 11.4 Å². The average Bonchev–Trinajstić information content (AvgIpc) is 3.24. The largest absolute Gasteiger partial charge is 0.330 e. The third-order valence-electron chi connectivity index (χ3n) is 3.54. The molecule has 0 saturated carbocycles. The number of carbonyl (C=O) groups excluding carboxylic acids is 1. The van der Waals surface area contributed by atoms with Gasteiger partial charge in [0.1, 0.15) is 11.6 Å². The summed E-state index contributed by atoms with van der Waals surface area (Å²) in [6.45, 7) is 5.79. The maximum Gasteiger partial charge on any atom is 0.238 e. The number of carbonyl (C=O) groups is 1. The standard InChI is InChI=1S/C17H19FN6OS2/c1-10(2)24-14(7-8-19-24)21-15(25)11(3)26-17-23-22-16(27-17)20-13-6-4-5-12(18)9-13/h4-11H,1-3H3,(H,20,22)(H,21,25). The highest BCUT2D eigenvalue weighted by molar-refractivity contribution is 8.02. The number of hydrogen-bond donors (Lipinski definition) is 2. The first-order valence-corrected chi connectivity index (χ1v) is 9.99. The molecule has 2 N–H and O–H groups in total. The minimum absolute atomic E-state index is 0.141. The Labute approximate surface area is 164 Å². The molecular formula is C17H19FN6OS2. The molecule has 10 heteroatoms. The van der Waals surface area contributed by atoms with Gasteiger partial charge in [0.15, 0.2) is 4.34 Å². The molecule has 0 aliphatic carbocycles. The predicted octanol–water partition coefficient (Wildman–Crippen LogP) is 4.32. The van der Waals surface area contributed by atoms with Crippen LogP contribution in [0.2, 0.25) is 0 Å². The van der Waals surface area contributed by atoms with E-state index < -0.39 is 0 Å². The van der Waals surface area contributed by atoms with Gasteiger partial charge >= 0.3 is 0 Å². The van der Waals surface area contributed by atoms with Crippen LogP contribution in [0.15, 0.2) is 40.9 Å². The van der Waals surface area contributed by atoms with Gasteiger partial charge in [-0.15, -0.1) is 10.2 Å². The normalized spacial score (nSPS) is 12.2. The first kappa shape index (κ1) is 19.3. The number of halogens is 1. The molecule has 0 spiro atoms. The molecule has 1 amide bonds. The van der Waals surface area contributed by atoms with E-state index in [1.165, 1.54) is 35.2 Å². The van der Waals surface area contributed by atoms with Crippen LogP contribution in [0.1, 0.15) is 26.8 Å². The predicted molar refractivity (Wildman–Crippen MR) is 106 cm³/mol. The molecule has 1 unspecified atom stereocenters. The van der Waals surface area contributed by atoms with Gasteiger partial charge in [0.2, 0.25) is 11.0 Å². The highest BCUT2D eigenvalue weighted by atomic mass is 32.2. The van der Waals surface area contributed by atoms with Crippen LogP contribution in [0.3, 0.4) is 0 Å². The van der Waals surface area contributed by atoms with Crippen molar-refractivity contribution in [3.63, 3.8) is 0 Å². The summed E-state index contributed by atoms with van der Waals surface area (Å²) >= 11 is 2.62. The van der Waals surface area contributed by atoms with Crippen molar-refractivity contribution >= 4 is 45.6 Å². The van der Waals surface area contributed by atoms with Gasteiger partial charge in [-0.1, -0.05) is 29.2 Å². The number of aromatic nitrogens is 4. The fourth-order valence-corrected chi connectivity index (χ4v) is 4.17. The molecule has 1 aromatic carbocycles. The molecule has 0 radical (unpaired) electrons. The topological polar surface area (TPSA) is 84.7 Å². The van der Waals surface area contributed by atoms with Gasteiger partial charge in [0, 0.05) is 17.8 Å². The number of rotatable bonds is 7. The molecule has 3 rings (SSSR count). The number of amides is 1. The smallest absolute Gasteiger partial charge is 0.238 e. The lowest BCUT2D eigenvalue weighted by Gasteiger charge is -2.14. The Morgan fingerprint density at radius 3 is 2.81 bits per heavy atom. The Morgan fingerprint density at radius 2 is 2.07 bits per heavy atom. The lowest BCUT2D eigenvalue weighted by molar-refractivity contribution is -0.115. The van der Waals surface area contributed by atoms with Crippen LogP contribution in [-0.4, -0.2) is 31.1 Å². The summed E-state index contributed by atoms with van der Waals surface area (Å²) < 4.78 is 15.6. The number of anilines is 3. The molecule has 7 nitrogen and oxygen atoms in total. The number of thioether (sulfide) groups is 1. The summed E-state index contributed by atoms with van der Waals surface area (Å²) in [5.74, 6) is 0.190. The van der Waals surface area contributed by atoms with Gasteiger partial charge in [-0.05, 0) is 39.0 Å². The second-order valence-electron chi connectivity index (χ2n) is 6.01. The molecule has 0 aliphatic heterocycles. The molecule has 0 fully saturated rings. The Balaban J connectivity index is 1.59. The Kier molecular flexibility index (Phi) is 6.07. The number of nitrogens with zero attached hydrogens (tertiary/aromatic N) is 4. The molecule has 2 heterocycles. The lowest BCUT2D eigenvalue weighted by atomic mass is 10.3. The summed E-state index contributed by atoms with van der Waals surface area (Å²) in [6, 6.07) is 8.02. The fourth-order valence-electron chi connectivity index (χ4n) is 2.25. The summed E-state index contributed by atoms with van der Waals surface area (Å²) in [5, 5.41) is 18.4. The zero-order valence-electron chi connectivity index (χ0n) is 15.0. The minimum Gasteiger partial charge on any atom is -0.330 e. The Morgan fingerprint density at radius 1 is 1.26 bits per heavy atom. The van der Waals surface area contributed by atoms with E-state index in [1.54, 1.807) is 36.0 Å². The van der Waals surface area contributed by atoms with Crippen molar-refractivity contribution in [3.05, 3.63) is 42.3 Å². The molecule has 0 aliphatic rings. The van der Waals surface area contributed by atoms with Crippen LogP contribution in [0.4, 0.5) is 21.0 Å². The van der Waals surface area contributed by atoms with E-state index in [1.807, 2.05) is 13.8 Å². The van der Waals surface area contributed by atoms with E-state index in [2.05, 4.69) is 25.9 Å². The first-order valence-electron chi connectivity index (χ1n) is 8.29. The Hall–Kier alpha value is -2.46.